The first-order chi connectivity index (χ1) is 9.12. The van der Waals surface area contributed by atoms with Crippen molar-refractivity contribution in [2.45, 2.75) is 34.6 Å². The van der Waals surface area contributed by atoms with Gasteiger partial charge in [-0.25, -0.2) is 0 Å². The summed E-state index contributed by atoms with van der Waals surface area (Å²) in [6.07, 6.45) is 12.8. The Morgan fingerprint density at radius 2 is 1.11 bits per heavy atom. The van der Waals surface area contributed by atoms with Gasteiger partial charge in [0, 0.05) is 23.9 Å². The largest absolute Gasteiger partial charge is 0.387 e. The van der Waals surface area contributed by atoms with Gasteiger partial charge < -0.3 is 5.32 Å². The van der Waals surface area contributed by atoms with Crippen LogP contribution >= 0.6 is 0 Å². The van der Waals surface area contributed by atoms with Crippen LogP contribution in [0.5, 0.6) is 0 Å². The minimum Gasteiger partial charge on any atom is -0.387 e. The lowest BCUT2D eigenvalue weighted by atomic mass is 9.90. The van der Waals surface area contributed by atoms with Crippen molar-refractivity contribution >= 4 is 23.9 Å². The molecular formula is C18H25N. The Bertz CT molecular complexity index is 531. The molecule has 0 radical (unpaired) electrons. The van der Waals surface area contributed by atoms with Crippen LogP contribution < -0.4 is 5.32 Å². The van der Waals surface area contributed by atoms with Gasteiger partial charge in [0.2, 0.25) is 0 Å². The predicted molar refractivity (Wildman–Crippen MR) is 89.6 cm³/mol. The number of anilines is 1. The normalized spacial score (nSPS) is 12.1. The average molecular weight is 255 g/mol. The summed E-state index contributed by atoms with van der Waals surface area (Å²) in [5.74, 6) is 0. The van der Waals surface area contributed by atoms with E-state index >= 15 is 0 Å². The third-order valence-electron chi connectivity index (χ3n) is 3.45. The van der Waals surface area contributed by atoms with Gasteiger partial charge >= 0.3 is 0 Å². The molecule has 1 N–H and O–H groups in total. The van der Waals surface area contributed by atoms with Crippen LogP contribution in [-0.2, 0) is 0 Å². The smallest absolute Gasteiger partial charge is 0.0493 e. The molecule has 1 heteroatoms. The van der Waals surface area contributed by atoms with E-state index in [1.165, 1.54) is 33.5 Å². The van der Waals surface area contributed by atoms with Gasteiger partial charge in [0.1, 0.15) is 0 Å². The molecule has 102 valence electrons. The lowest BCUT2D eigenvalue weighted by molar-refractivity contribution is 1.29. The second-order valence-electron chi connectivity index (χ2n) is 4.62. The first kappa shape index (κ1) is 15.3. The minimum atomic E-state index is 1.20. The van der Waals surface area contributed by atoms with Gasteiger partial charge in [-0.2, -0.15) is 0 Å². The van der Waals surface area contributed by atoms with Crippen molar-refractivity contribution in [2.24, 2.45) is 0 Å². The van der Waals surface area contributed by atoms with Crippen molar-refractivity contribution in [2.75, 3.05) is 12.4 Å². The molecule has 0 aliphatic rings. The highest BCUT2D eigenvalue weighted by atomic mass is 14.8. The van der Waals surface area contributed by atoms with E-state index < -0.39 is 0 Å². The fraction of sp³-hybridized carbons (Fsp3) is 0.333. The summed E-state index contributed by atoms with van der Waals surface area (Å²) in [6.45, 7) is 10.6. The van der Waals surface area contributed by atoms with Crippen LogP contribution in [0.2, 0.25) is 0 Å². The van der Waals surface area contributed by atoms with Gasteiger partial charge in [-0.1, -0.05) is 36.5 Å². The Morgan fingerprint density at radius 1 is 0.684 bits per heavy atom. The third-order valence-corrected chi connectivity index (χ3v) is 3.45. The molecule has 0 aliphatic carbocycles. The molecule has 0 unspecified atom stereocenters. The van der Waals surface area contributed by atoms with Gasteiger partial charge in [-0.15, -0.1) is 0 Å². The number of allylic oxidation sites excluding steroid dienone is 3. The van der Waals surface area contributed by atoms with Crippen molar-refractivity contribution in [3.63, 3.8) is 0 Å². The molecular weight excluding hydrogens is 230 g/mol. The van der Waals surface area contributed by atoms with Crippen LogP contribution in [0.25, 0.3) is 18.2 Å². The quantitative estimate of drug-likeness (QED) is 0.755. The Balaban J connectivity index is 3.82. The van der Waals surface area contributed by atoms with Crippen molar-refractivity contribution in [1.82, 2.24) is 0 Å². The van der Waals surface area contributed by atoms with E-state index in [4.69, 9.17) is 0 Å². The van der Waals surface area contributed by atoms with Crippen molar-refractivity contribution < 1.29 is 0 Å². The lowest BCUT2D eigenvalue weighted by Gasteiger charge is -2.19. The summed E-state index contributed by atoms with van der Waals surface area (Å²) in [5, 5.41) is 3.36. The van der Waals surface area contributed by atoms with Crippen molar-refractivity contribution in [3.8, 4) is 0 Å². The first-order valence-corrected chi connectivity index (χ1v) is 6.85. The summed E-state index contributed by atoms with van der Waals surface area (Å²) in [4.78, 5) is 0. The zero-order valence-corrected chi connectivity index (χ0v) is 13.0. The Kier molecular flexibility index (Phi) is 5.62. The van der Waals surface area contributed by atoms with Gasteiger partial charge in [-0.3, -0.25) is 0 Å². The van der Waals surface area contributed by atoms with Crippen LogP contribution in [0.15, 0.2) is 18.2 Å². The molecule has 0 fully saturated rings. The average Bonchev–Trinajstić information content (AvgIpc) is 2.41. The van der Waals surface area contributed by atoms with Crippen LogP contribution in [0.3, 0.4) is 0 Å². The summed E-state index contributed by atoms with van der Waals surface area (Å²) < 4.78 is 0. The predicted octanol–water partition coefficient (Wildman–Crippen LogP) is 5.44. The van der Waals surface area contributed by atoms with E-state index in [1.807, 2.05) is 7.05 Å². The molecule has 0 heterocycles. The highest BCUT2D eigenvalue weighted by Crippen LogP contribution is 2.34. The van der Waals surface area contributed by atoms with Crippen LogP contribution in [0.1, 0.15) is 48.6 Å². The zero-order valence-electron chi connectivity index (χ0n) is 13.0. The standard InChI is InChI=1S/C18H25N/c1-7-10-15-13(4)14(5)16(11-8-2)18(19-6)17(15)12-9-3/h7-12,19H,1-6H3/b10-7-,11-8-,12-9-. The Morgan fingerprint density at radius 3 is 1.58 bits per heavy atom. The molecule has 0 saturated heterocycles. The van der Waals surface area contributed by atoms with Crippen LogP contribution in [-0.4, -0.2) is 7.05 Å². The molecule has 19 heavy (non-hydrogen) atoms. The number of nitrogens with one attached hydrogen (secondary N) is 1. The van der Waals surface area contributed by atoms with Gasteiger partial charge in [0.25, 0.3) is 0 Å². The number of rotatable bonds is 4. The number of benzene rings is 1. The van der Waals surface area contributed by atoms with Crippen LogP contribution in [0, 0.1) is 13.8 Å². The Labute approximate surface area is 117 Å². The molecule has 0 atom stereocenters. The maximum atomic E-state index is 3.36. The molecule has 1 aromatic rings. The molecule has 0 saturated carbocycles. The van der Waals surface area contributed by atoms with E-state index in [1.54, 1.807) is 0 Å². The monoisotopic (exact) mass is 255 g/mol. The highest BCUT2D eigenvalue weighted by molar-refractivity contribution is 5.86. The SMILES string of the molecule is C/C=C\c1c(C)c(C)c(/C=C\C)c(NC)c1/C=C\C. The minimum absolute atomic E-state index is 1.20. The van der Waals surface area contributed by atoms with Gasteiger partial charge in [0.15, 0.2) is 0 Å². The lowest BCUT2D eigenvalue weighted by Crippen LogP contribution is -2.03. The second kappa shape index (κ2) is 6.98. The summed E-state index contributed by atoms with van der Waals surface area (Å²) in [7, 11) is 1.99. The number of hydrogen-bond donors (Lipinski definition) is 1. The Hall–Kier alpha value is -1.76. The third kappa shape index (κ3) is 2.98. The van der Waals surface area contributed by atoms with Gasteiger partial charge in [-0.05, 0) is 51.3 Å². The fourth-order valence-corrected chi connectivity index (χ4v) is 2.44. The van der Waals surface area contributed by atoms with Crippen molar-refractivity contribution in [3.05, 3.63) is 46.0 Å². The van der Waals surface area contributed by atoms with E-state index in [0.29, 0.717) is 0 Å². The molecule has 0 spiro atoms. The fourth-order valence-electron chi connectivity index (χ4n) is 2.44. The van der Waals surface area contributed by atoms with E-state index in [9.17, 15) is 0 Å². The topological polar surface area (TPSA) is 12.0 Å². The second-order valence-corrected chi connectivity index (χ2v) is 4.62. The molecule has 0 aromatic heterocycles. The maximum absolute atomic E-state index is 3.36. The van der Waals surface area contributed by atoms with E-state index in [0.717, 1.165) is 0 Å². The molecule has 1 aromatic carbocycles. The first-order valence-electron chi connectivity index (χ1n) is 6.85. The highest BCUT2D eigenvalue weighted by Gasteiger charge is 2.14. The number of hydrogen-bond acceptors (Lipinski definition) is 1. The zero-order chi connectivity index (χ0) is 14.4. The van der Waals surface area contributed by atoms with E-state index in [2.05, 4.69) is 76.4 Å². The molecule has 0 aliphatic heterocycles. The summed E-state index contributed by atoms with van der Waals surface area (Å²) in [5.41, 5.74) is 7.73. The summed E-state index contributed by atoms with van der Waals surface area (Å²) in [6, 6.07) is 0. The van der Waals surface area contributed by atoms with E-state index in [-0.39, 0.29) is 0 Å². The summed E-state index contributed by atoms with van der Waals surface area (Å²) >= 11 is 0. The molecule has 1 rings (SSSR count). The van der Waals surface area contributed by atoms with Crippen molar-refractivity contribution in [1.29, 1.82) is 0 Å². The molecule has 0 bridgehead atoms. The van der Waals surface area contributed by atoms with Crippen LogP contribution in [0.4, 0.5) is 5.69 Å². The van der Waals surface area contributed by atoms with Gasteiger partial charge in [0.05, 0.1) is 0 Å². The maximum Gasteiger partial charge on any atom is 0.0493 e. The molecule has 0 amide bonds. The molecule has 1 nitrogen and oxygen atoms in total.